The largest absolute Gasteiger partial charge is 0.505 e. The van der Waals surface area contributed by atoms with Crippen LogP contribution in [0.4, 0.5) is 5.13 Å². The number of aliphatic hydroxyl groups excluding tert-OH is 1. The molecule has 0 radical (unpaired) electrons. The van der Waals surface area contributed by atoms with E-state index in [1.54, 1.807) is 0 Å². The highest BCUT2D eigenvalue weighted by atomic mass is 35.5. The number of hydrogen-bond donors (Lipinski definition) is 1. The number of benzene rings is 2. The van der Waals surface area contributed by atoms with Gasteiger partial charge in [-0.2, -0.15) is 0 Å². The predicted octanol–water partition coefficient (Wildman–Crippen LogP) is 7.67. The van der Waals surface area contributed by atoms with Gasteiger partial charge in [0.2, 0.25) is 5.13 Å². The molecule has 0 spiro atoms. The van der Waals surface area contributed by atoms with Crippen LogP contribution in [0.3, 0.4) is 0 Å². The Labute approximate surface area is 268 Å². The van der Waals surface area contributed by atoms with Gasteiger partial charge >= 0.3 is 5.91 Å². The second-order valence-electron chi connectivity index (χ2n) is 11.7. The zero-order valence-electron chi connectivity index (χ0n) is 24.8. The number of amides is 1. The maximum atomic E-state index is 13.8. The second-order valence-corrected chi connectivity index (χ2v) is 14.3. The maximum Gasteiger partial charge on any atom is 0.301 e. The Morgan fingerprint density at radius 2 is 1.75 bits per heavy atom. The lowest BCUT2D eigenvalue weighted by Crippen LogP contribution is -2.29. The number of rotatable bonds is 6. The zero-order valence-corrected chi connectivity index (χ0v) is 27.2. The fourth-order valence-electron chi connectivity index (χ4n) is 5.30. The number of nitrogens with zero attached hydrogens (tertiary/aromatic N) is 5. The number of pyridine rings is 1. The number of carbonyl (C=O) groups is 2. The molecule has 11 heteroatoms. The first-order valence-electron chi connectivity index (χ1n) is 14.0. The highest BCUT2D eigenvalue weighted by Crippen LogP contribution is 2.44. The van der Waals surface area contributed by atoms with Crippen molar-refractivity contribution in [2.24, 2.45) is 0 Å². The molecule has 0 saturated carbocycles. The Kier molecular flexibility index (Phi) is 7.85. The standard InChI is InChI=1S/C33H30ClN5O3S2/c1-18-9-8-16-38-19(2)25(35-29(18)38)27(40)24-26(20-12-14-22(15-13-20)33(3,4)5)39(30(42)28(24)41)31-36-37-32(44-31)43-17-21-10-6-7-11-23(21)34/h6-16,26,40H,17H2,1-5H3/b27-24+. The maximum absolute atomic E-state index is 13.8. The molecule has 1 aliphatic heterocycles. The first-order chi connectivity index (χ1) is 21.0. The first-order valence-corrected chi connectivity index (χ1v) is 16.2. The number of Topliss-reactive ketones (excluding diaryl/α,β-unsaturated/α-hetero) is 1. The van der Waals surface area contributed by atoms with E-state index in [1.165, 1.54) is 28.0 Å². The molecule has 1 amide bonds. The van der Waals surface area contributed by atoms with Crippen LogP contribution in [0.15, 0.2) is 76.8 Å². The third kappa shape index (κ3) is 5.31. The normalized spacial score (nSPS) is 16.8. The van der Waals surface area contributed by atoms with Crippen molar-refractivity contribution in [3.8, 4) is 0 Å². The Morgan fingerprint density at radius 3 is 2.43 bits per heavy atom. The number of imidazole rings is 1. The SMILES string of the molecule is Cc1cccn2c(C)c(/C(O)=C3\C(=O)C(=O)N(c4nnc(SCc5ccccc5Cl)s4)C3c3ccc(C(C)(C)C)cc3)nc12. The van der Waals surface area contributed by atoms with E-state index in [9.17, 15) is 14.7 Å². The van der Waals surface area contributed by atoms with Crippen molar-refractivity contribution in [3.05, 3.63) is 111 Å². The van der Waals surface area contributed by atoms with Crippen LogP contribution in [0.2, 0.25) is 5.02 Å². The smallest absolute Gasteiger partial charge is 0.301 e. The highest BCUT2D eigenvalue weighted by molar-refractivity contribution is 8.00. The molecule has 224 valence electrons. The average molecular weight is 644 g/mol. The number of thioether (sulfide) groups is 1. The van der Waals surface area contributed by atoms with E-state index in [0.717, 1.165) is 16.7 Å². The fourth-order valence-corrected chi connectivity index (χ4v) is 7.45. The number of aliphatic hydroxyl groups is 1. The number of halogens is 1. The zero-order chi connectivity index (χ0) is 31.3. The van der Waals surface area contributed by atoms with Crippen LogP contribution in [-0.4, -0.2) is 36.4 Å². The van der Waals surface area contributed by atoms with Crippen LogP contribution in [0.1, 0.15) is 60.5 Å². The van der Waals surface area contributed by atoms with Crippen LogP contribution in [0.25, 0.3) is 11.4 Å². The summed E-state index contributed by atoms with van der Waals surface area (Å²) in [7, 11) is 0. The number of carbonyl (C=O) groups excluding carboxylic acids is 2. The van der Waals surface area contributed by atoms with Gasteiger partial charge in [0.1, 0.15) is 11.3 Å². The van der Waals surface area contributed by atoms with Crippen LogP contribution in [0, 0.1) is 13.8 Å². The molecule has 0 aliphatic carbocycles. The van der Waals surface area contributed by atoms with Crippen molar-refractivity contribution in [1.82, 2.24) is 19.6 Å². The van der Waals surface area contributed by atoms with Crippen molar-refractivity contribution in [2.45, 2.75) is 56.2 Å². The van der Waals surface area contributed by atoms with Crippen LogP contribution in [-0.2, 0) is 20.8 Å². The van der Waals surface area contributed by atoms with E-state index >= 15 is 0 Å². The summed E-state index contributed by atoms with van der Waals surface area (Å²) in [4.78, 5) is 33.5. The molecule has 1 N–H and O–H groups in total. The molecule has 1 atom stereocenters. The number of anilines is 1. The lowest BCUT2D eigenvalue weighted by atomic mass is 9.85. The van der Waals surface area contributed by atoms with Crippen molar-refractivity contribution >= 4 is 62.9 Å². The molecule has 1 fully saturated rings. The van der Waals surface area contributed by atoms with Crippen LogP contribution >= 0.6 is 34.7 Å². The third-order valence-corrected chi connectivity index (χ3v) is 10.2. The molecule has 1 unspecified atom stereocenters. The monoisotopic (exact) mass is 643 g/mol. The fraction of sp³-hybridized carbons (Fsp3) is 0.242. The molecule has 3 aromatic heterocycles. The summed E-state index contributed by atoms with van der Waals surface area (Å²) in [6.45, 7) is 10.1. The summed E-state index contributed by atoms with van der Waals surface area (Å²) in [6.07, 6.45) is 1.85. The number of fused-ring (bicyclic) bond motifs is 1. The van der Waals surface area contributed by atoms with Gasteiger partial charge in [-0.3, -0.25) is 14.5 Å². The van der Waals surface area contributed by atoms with Gasteiger partial charge in [0, 0.05) is 17.0 Å². The Balaban J connectivity index is 1.45. The Morgan fingerprint density at radius 1 is 1.02 bits per heavy atom. The molecule has 6 rings (SSSR count). The topological polar surface area (TPSA) is 101 Å². The molecular weight excluding hydrogens is 614 g/mol. The molecule has 44 heavy (non-hydrogen) atoms. The van der Waals surface area contributed by atoms with Crippen molar-refractivity contribution in [1.29, 1.82) is 0 Å². The van der Waals surface area contributed by atoms with Crippen LogP contribution < -0.4 is 4.90 Å². The number of aromatic nitrogens is 4. The van der Waals surface area contributed by atoms with Gasteiger partial charge in [-0.15, -0.1) is 10.2 Å². The van der Waals surface area contributed by atoms with Gasteiger partial charge in [-0.1, -0.05) is 104 Å². The first kappa shape index (κ1) is 30.1. The van der Waals surface area contributed by atoms with E-state index < -0.39 is 17.7 Å². The van der Waals surface area contributed by atoms with Gasteiger partial charge in [0.15, 0.2) is 10.1 Å². The predicted molar refractivity (Wildman–Crippen MR) is 176 cm³/mol. The van der Waals surface area contributed by atoms with E-state index in [4.69, 9.17) is 11.6 Å². The minimum absolute atomic E-state index is 0.0388. The molecule has 5 aromatic rings. The van der Waals surface area contributed by atoms with E-state index in [0.29, 0.717) is 32.0 Å². The van der Waals surface area contributed by atoms with E-state index in [2.05, 4.69) is 36.0 Å². The van der Waals surface area contributed by atoms with E-state index in [1.807, 2.05) is 85.1 Å². The molecule has 1 saturated heterocycles. The van der Waals surface area contributed by atoms with Gasteiger partial charge in [0.25, 0.3) is 5.78 Å². The molecule has 1 aliphatic rings. The molecule has 2 aromatic carbocycles. The van der Waals surface area contributed by atoms with Crippen molar-refractivity contribution < 1.29 is 14.7 Å². The summed E-state index contributed by atoms with van der Waals surface area (Å²) in [5.74, 6) is -1.35. The van der Waals surface area contributed by atoms with Crippen molar-refractivity contribution in [3.63, 3.8) is 0 Å². The van der Waals surface area contributed by atoms with Gasteiger partial charge in [-0.25, -0.2) is 4.98 Å². The summed E-state index contributed by atoms with van der Waals surface area (Å²) < 4.78 is 2.48. The summed E-state index contributed by atoms with van der Waals surface area (Å²) in [6, 6.07) is 18.2. The second kappa shape index (κ2) is 11.5. The lowest BCUT2D eigenvalue weighted by molar-refractivity contribution is -0.132. The minimum Gasteiger partial charge on any atom is -0.505 e. The van der Waals surface area contributed by atoms with E-state index in [-0.39, 0.29) is 27.6 Å². The summed E-state index contributed by atoms with van der Waals surface area (Å²) in [5.41, 5.74) is 5.06. The number of aryl methyl sites for hydroxylation is 2. The number of ketones is 1. The third-order valence-electron chi connectivity index (χ3n) is 7.76. The minimum atomic E-state index is -0.927. The quantitative estimate of drug-likeness (QED) is 0.0666. The van der Waals surface area contributed by atoms with Gasteiger partial charge in [-0.05, 0) is 53.6 Å². The van der Waals surface area contributed by atoms with Crippen molar-refractivity contribution in [2.75, 3.05) is 4.90 Å². The molecule has 8 nitrogen and oxygen atoms in total. The Hall–Kier alpha value is -3.99. The van der Waals surface area contributed by atoms with Crippen LogP contribution in [0.5, 0.6) is 0 Å². The number of hydrogen-bond acceptors (Lipinski definition) is 8. The summed E-state index contributed by atoms with van der Waals surface area (Å²) >= 11 is 8.99. The molecular formula is C33H30ClN5O3S2. The molecule has 0 bridgehead atoms. The van der Waals surface area contributed by atoms with Gasteiger partial charge < -0.3 is 9.51 Å². The Bertz CT molecular complexity index is 1960. The summed E-state index contributed by atoms with van der Waals surface area (Å²) in [5, 5.41) is 21.3. The lowest BCUT2D eigenvalue weighted by Gasteiger charge is -2.24. The average Bonchev–Trinajstić information content (AvgIpc) is 3.67. The highest BCUT2D eigenvalue weighted by Gasteiger charge is 2.49. The van der Waals surface area contributed by atoms with Gasteiger partial charge in [0.05, 0.1) is 17.3 Å². The molecule has 4 heterocycles.